The quantitative estimate of drug-likeness (QED) is 0.505. The molecule has 1 aliphatic rings. The van der Waals surface area contributed by atoms with Gasteiger partial charge in [-0.25, -0.2) is 4.98 Å². The van der Waals surface area contributed by atoms with Crippen LogP contribution < -0.4 is 10.2 Å². The molecule has 0 aliphatic carbocycles. The van der Waals surface area contributed by atoms with Gasteiger partial charge in [-0.1, -0.05) is 11.6 Å². The number of anilines is 1. The van der Waals surface area contributed by atoms with Crippen LogP contribution in [0.2, 0.25) is 5.15 Å². The smallest absolute Gasteiger partial charge is 0.276 e. The lowest BCUT2D eigenvalue weighted by molar-refractivity contribution is -0.384. The molecule has 1 fully saturated rings. The number of pyridine rings is 1. The Morgan fingerprint density at radius 2 is 2.43 bits per heavy atom. The molecule has 1 aromatic rings. The van der Waals surface area contributed by atoms with Crippen molar-refractivity contribution in [3.63, 3.8) is 0 Å². The number of hydrogen-bond donors (Lipinski definition) is 1. The SMILES string of the molecule is CCNC(=O)C1COCCN1c1cc([N+](=O)[O-])cc(Cl)n1. The Kier molecular flexibility index (Phi) is 4.92. The minimum Gasteiger partial charge on any atom is -0.377 e. The molecular weight excluding hydrogens is 300 g/mol. The number of rotatable bonds is 4. The lowest BCUT2D eigenvalue weighted by Gasteiger charge is -2.35. The van der Waals surface area contributed by atoms with Gasteiger partial charge in [0.2, 0.25) is 5.91 Å². The van der Waals surface area contributed by atoms with Crippen LogP contribution >= 0.6 is 11.6 Å². The molecule has 114 valence electrons. The Morgan fingerprint density at radius 3 is 3.10 bits per heavy atom. The molecule has 0 bridgehead atoms. The summed E-state index contributed by atoms with van der Waals surface area (Å²) in [4.78, 5) is 28.2. The van der Waals surface area contributed by atoms with Crippen molar-refractivity contribution in [2.24, 2.45) is 0 Å². The van der Waals surface area contributed by atoms with Crippen LogP contribution in [0.3, 0.4) is 0 Å². The minimum atomic E-state index is -0.579. The highest BCUT2D eigenvalue weighted by molar-refractivity contribution is 6.29. The second-order valence-electron chi connectivity index (χ2n) is 4.44. The average Bonchev–Trinajstić information content (AvgIpc) is 2.46. The van der Waals surface area contributed by atoms with Crippen molar-refractivity contribution in [3.8, 4) is 0 Å². The van der Waals surface area contributed by atoms with E-state index in [2.05, 4.69) is 10.3 Å². The van der Waals surface area contributed by atoms with Gasteiger partial charge >= 0.3 is 0 Å². The Bertz CT molecular complexity index is 554. The lowest BCUT2D eigenvalue weighted by atomic mass is 10.2. The van der Waals surface area contributed by atoms with Gasteiger partial charge in [0.25, 0.3) is 5.69 Å². The normalized spacial score (nSPS) is 18.4. The van der Waals surface area contributed by atoms with E-state index in [1.807, 2.05) is 6.92 Å². The van der Waals surface area contributed by atoms with E-state index in [0.717, 1.165) is 0 Å². The van der Waals surface area contributed by atoms with E-state index in [4.69, 9.17) is 16.3 Å². The predicted molar refractivity (Wildman–Crippen MR) is 76.5 cm³/mol. The van der Waals surface area contributed by atoms with E-state index in [-0.39, 0.29) is 23.4 Å². The second kappa shape index (κ2) is 6.68. The van der Waals surface area contributed by atoms with Crippen molar-refractivity contribution >= 4 is 29.0 Å². The zero-order valence-electron chi connectivity index (χ0n) is 11.4. The lowest BCUT2D eigenvalue weighted by Crippen LogP contribution is -2.54. The molecule has 1 N–H and O–H groups in total. The number of morpholine rings is 1. The average molecular weight is 315 g/mol. The number of ether oxygens (including phenoxy) is 1. The van der Waals surface area contributed by atoms with Crippen molar-refractivity contribution < 1.29 is 14.5 Å². The fourth-order valence-electron chi connectivity index (χ4n) is 2.11. The van der Waals surface area contributed by atoms with Gasteiger partial charge in [0.15, 0.2) is 0 Å². The summed E-state index contributed by atoms with van der Waals surface area (Å²) in [6.45, 7) is 3.33. The van der Waals surface area contributed by atoms with Gasteiger partial charge in [-0.05, 0) is 6.92 Å². The monoisotopic (exact) mass is 314 g/mol. The van der Waals surface area contributed by atoms with E-state index in [1.54, 1.807) is 4.90 Å². The highest BCUT2D eigenvalue weighted by atomic mass is 35.5. The number of hydrogen-bond acceptors (Lipinski definition) is 6. The first kappa shape index (κ1) is 15.5. The number of carbonyl (C=O) groups is 1. The molecule has 0 saturated carbocycles. The van der Waals surface area contributed by atoms with E-state index in [1.165, 1.54) is 12.1 Å². The van der Waals surface area contributed by atoms with Crippen LogP contribution in [0.15, 0.2) is 12.1 Å². The third kappa shape index (κ3) is 3.59. The molecule has 0 aromatic carbocycles. The van der Waals surface area contributed by atoms with Gasteiger partial charge < -0.3 is 15.0 Å². The van der Waals surface area contributed by atoms with Gasteiger partial charge in [0.1, 0.15) is 17.0 Å². The van der Waals surface area contributed by atoms with Crippen LogP contribution in [-0.2, 0) is 9.53 Å². The molecule has 9 heteroatoms. The van der Waals surface area contributed by atoms with Gasteiger partial charge in [0.05, 0.1) is 30.3 Å². The Hall–Kier alpha value is -1.93. The summed E-state index contributed by atoms with van der Waals surface area (Å²) in [5.74, 6) is 0.0929. The van der Waals surface area contributed by atoms with Crippen molar-refractivity contribution in [2.45, 2.75) is 13.0 Å². The van der Waals surface area contributed by atoms with Crippen LogP contribution in [-0.4, -0.2) is 48.2 Å². The molecule has 0 radical (unpaired) electrons. The zero-order valence-corrected chi connectivity index (χ0v) is 12.2. The topological polar surface area (TPSA) is 97.6 Å². The summed E-state index contributed by atoms with van der Waals surface area (Å²) in [6, 6.07) is 1.90. The van der Waals surface area contributed by atoms with Crippen molar-refractivity contribution in [2.75, 3.05) is 31.2 Å². The fraction of sp³-hybridized carbons (Fsp3) is 0.500. The maximum atomic E-state index is 12.1. The number of carbonyl (C=O) groups excluding carboxylic acids is 1. The van der Waals surface area contributed by atoms with E-state index in [9.17, 15) is 14.9 Å². The van der Waals surface area contributed by atoms with Gasteiger partial charge in [-0.15, -0.1) is 0 Å². The van der Waals surface area contributed by atoms with Crippen LogP contribution in [0.5, 0.6) is 0 Å². The molecule has 1 atom stereocenters. The number of amides is 1. The van der Waals surface area contributed by atoms with Crippen LogP contribution in [0.1, 0.15) is 6.92 Å². The van der Waals surface area contributed by atoms with E-state index in [0.29, 0.717) is 25.5 Å². The fourth-order valence-corrected chi connectivity index (χ4v) is 2.31. The maximum absolute atomic E-state index is 12.1. The molecule has 1 aliphatic heterocycles. The van der Waals surface area contributed by atoms with E-state index < -0.39 is 11.0 Å². The molecule has 0 spiro atoms. The standard InChI is InChI=1S/C12H15ClN4O4/c1-2-14-12(18)9-7-21-4-3-16(9)11-6-8(17(19)20)5-10(13)15-11/h5-6,9H,2-4,7H2,1H3,(H,14,18). The first-order valence-electron chi connectivity index (χ1n) is 6.47. The van der Waals surface area contributed by atoms with Crippen molar-refractivity contribution in [3.05, 3.63) is 27.4 Å². The van der Waals surface area contributed by atoms with Crippen molar-refractivity contribution in [1.29, 1.82) is 0 Å². The highest BCUT2D eigenvalue weighted by Gasteiger charge is 2.31. The summed E-state index contributed by atoms with van der Waals surface area (Å²) in [7, 11) is 0. The maximum Gasteiger partial charge on any atom is 0.276 e. The molecule has 2 heterocycles. The molecule has 2 rings (SSSR count). The molecule has 8 nitrogen and oxygen atoms in total. The number of halogens is 1. The largest absolute Gasteiger partial charge is 0.377 e. The van der Waals surface area contributed by atoms with Gasteiger partial charge in [-0.2, -0.15) is 0 Å². The molecule has 21 heavy (non-hydrogen) atoms. The molecular formula is C12H15ClN4O4. The number of nitro groups is 1. The molecule has 1 unspecified atom stereocenters. The van der Waals surface area contributed by atoms with Crippen molar-refractivity contribution in [1.82, 2.24) is 10.3 Å². The highest BCUT2D eigenvalue weighted by Crippen LogP contribution is 2.25. The molecule has 1 aromatic heterocycles. The van der Waals surface area contributed by atoms with Crippen LogP contribution in [0.25, 0.3) is 0 Å². The summed E-state index contributed by atoms with van der Waals surface area (Å²) < 4.78 is 5.31. The zero-order chi connectivity index (χ0) is 15.4. The summed E-state index contributed by atoms with van der Waals surface area (Å²) >= 11 is 5.83. The van der Waals surface area contributed by atoms with Gasteiger partial charge in [0, 0.05) is 13.1 Å². The predicted octanol–water partition coefficient (Wildman–Crippen LogP) is 0.984. The molecule has 1 amide bonds. The third-order valence-electron chi connectivity index (χ3n) is 3.05. The third-order valence-corrected chi connectivity index (χ3v) is 3.25. The van der Waals surface area contributed by atoms with Crippen LogP contribution in [0, 0.1) is 10.1 Å². The number of nitrogens with zero attached hydrogens (tertiary/aromatic N) is 3. The number of aromatic nitrogens is 1. The second-order valence-corrected chi connectivity index (χ2v) is 4.83. The van der Waals surface area contributed by atoms with Crippen LogP contribution in [0.4, 0.5) is 11.5 Å². The number of nitrogens with one attached hydrogen (secondary N) is 1. The summed E-state index contributed by atoms with van der Waals surface area (Å²) in [5, 5.41) is 13.6. The Labute approximate surface area is 126 Å². The van der Waals surface area contributed by atoms with Gasteiger partial charge in [-0.3, -0.25) is 14.9 Å². The number of likely N-dealkylation sites (N-methyl/N-ethyl adjacent to an activating group) is 1. The first-order chi connectivity index (χ1) is 10.0. The van der Waals surface area contributed by atoms with E-state index >= 15 is 0 Å². The summed E-state index contributed by atoms with van der Waals surface area (Å²) in [6.07, 6.45) is 0. The first-order valence-corrected chi connectivity index (χ1v) is 6.84. The molecule has 1 saturated heterocycles. The summed E-state index contributed by atoms with van der Waals surface area (Å²) in [5.41, 5.74) is -0.161. The Balaban J connectivity index is 2.32. The Morgan fingerprint density at radius 1 is 1.67 bits per heavy atom. The minimum absolute atomic E-state index is 0.0142.